The highest BCUT2D eigenvalue weighted by molar-refractivity contribution is 5.84. The third-order valence-corrected chi connectivity index (χ3v) is 7.41. The van der Waals surface area contributed by atoms with Gasteiger partial charge in [0.05, 0.1) is 0 Å². The Morgan fingerprint density at radius 2 is 0.679 bits per heavy atom. The van der Waals surface area contributed by atoms with E-state index in [0.29, 0.717) is 12.8 Å². The van der Waals surface area contributed by atoms with E-state index in [9.17, 15) is 19.5 Å². The first-order valence-electron chi connectivity index (χ1n) is 19.6. The lowest BCUT2D eigenvalue weighted by atomic mass is 10.2. The van der Waals surface area contributed by atoms with Crippen molar-refractivity contribution in [3.05, 3.63) is 146 Å². The van der Waals surface area contributed by atoms with Crippen LogP contribution >= 0.6 is 0 Å². The van der Waals surface area contributed by atoms with Crippen LogP contribution in [0.25, 0.3) is 0 Å². The SMILES string of the molecule is CCC=CCC=CCC=CCC=CCC=CCC=CCCC(=O)NCC(NC(=O)CCC=CCC=CCC=CCC=CCC=CCC=CCC)C(=O)O. The first-order valence-corrected chi connectivity index (χ1v) is 19.6. The van der Waals surface area contributed by atoms with Gasteiger partial charge in [0, 0.05) is 19.4 Å². The molecule has 1 atom stereocenters. The molecule has 0 rings (SSSR count). The van der Waals surface area contributed by atoms with Crippen molar-refractivity contribution >= 4 is 17.8 Å². The predicted octanol–water partition coefficient (Wildman–Crippen LogP) is 11.6. The van der Waals surface area contributed by atoms with Crippen LogP contribution in [-0.2, 0) is 14.4 Å². The molecule has 6 nitrogen and oxygen atoms in total. The summed E-state index contributed by atoms with van der Waals surface area (Å²) in [6.07, 6.45) is 64.0. The van der Waals surface area contributed by atoms with Gasteiger partial charge in [0.2, 0.25) is 11.8 Å². The molecule has 0 spiro atoms. The van der Waals surface area contributed by atoms with Crippen LogP contribution in [0.2, 0.25) is 0 Å². The molecular formula is C47H68N2O4. The number of carbonyl (C=O) groups excluding carboxylic acids is 2. The van der Waals surface area contributed by atoms with Crippen molar-refractivity contribution in [1.82, 2.24) is 10.6 Å². The van der Waals surface area contributed by atoms with Crippen LogP contribution in [0, 0.1) is 0 Å². The molecule has 6 heteroatoms. The molecule has 0 aromatic carbocycles. The van der Waals surface area contributed by atoms with E-state index in [4.69, 9.17) is 0 Å². The summed E-state index contributed by atoms with van der Waals surface area (Å²) in [4.78, 5) is 36.1. The maximum Gasteiger partial charge on any atom is 0.328 e. The van der Waals surface area contributed by atoms with E-state index in [-0.39, 0.29) is 31.2 Å². The molecule has 0 saturated carbocycles. The van der Waals surface area contributed by atoms with Crippen LogP contribution in [0.3, 0.4) is 0 Å². The van der Waals surface area contributed by atoms with E-state index in [0.717, 1.165) is 77.0 Å². The van der Waals surface area contributed by atoms with Crippen LogP contribution in [0.4, 0.5) is 0 Å². The summed E-state index contributed by atoms with van der Waals surface area (Å²) in [6, 6.07) is -1.16. The second-order valence-electron chi connectivity index (χ2n) is 12.2. The zero-order valence-corrected chi connectivity index (χ0v) is 32.6. The Bertz CT molecular complexity index is 1300. The van der Waals surface area contributed by atoms with Gasteiger partial charge in [0.1, 0.15) is 6.04 Å². The van der Waals surface area contributed by atoms with Gasteiger partial charge in [-0.2, -0.15) is 0 Å². The average molecular weight is 725 g/mol. The van der Waals surface area contributed by atoms with Gasteiger partial charge in [-0.1, -0.05) is 160 Å². The molecule has 53 heavy (non-hydrogen) atoms. The van der Waals surface area contributed by atoms with Gasteiger partial charge >= 0.3 is 5.97 Å². The monoisotopic (exact) mass is 725 g/mol. The molecule has 3 N–H and O–H groups in total. The maximum absolute atomic E-state index is 12.3. The minimum absolute atomic E-state index is 0.149. The third kappa shape index (κ3) is 38.4. The first kappa shape index (κ1) is 48.3. The quantitative estimate of drug-likeness (QED) is 0.0602. The number of carboxylic acid groups (broad SMARTS) is 1. The Kier molecular flexibility index (Phi) is 36.5. The zero-order valence-electron chi connectivity index (χ0n) is 32.6. The van der Waals surface area contributed by atoms with Gasteiger partial charge in [-0.3, -0.25) is 9.59 Å². The molecule has 0 saturated heterocycles. The van der Waals surface area contributed by atoms with Gasteiger partial charge in [-0.05, 0) is 89.9 Å². The highest BCUT2D eigenvalue weighted by atomic mass is 16.4. The van der Waals surface area contributed by atoms with E-state index in [1.54, 1.807) is 0 Å². The zero-order chi connectivity index (χ0) is 38.7. The number of allylic oxidation sites excluding steroid dienone is 24. The molecule has 0 aromatic rings. The Morgan fingerprint density at radius 3 is 0.962 bits per heavy atom. The summed E-state index contributed by atoms with van der Waals surface area (Å²) in [5.74, 6) is -1.78. The van der Waals surface area contributed by atoms with Crippen LogP contribution < -0.4 is 10.6 Å². The summed E-state index contributed by atoms with van der Waals surface area (Å²) < 4.78 is 0. The fraction of sp³-hybridized carbons (Fsp3) is 0.426. The Hall–Kier alpha value is -4.71. The minimum Gasteiger partial charge on any atom is -0.480 e. The number of amides is 2. The molecule has 0 fully saturated rings. The van der Waals surface area contributed by atoms with Gasteiger partial charge in [0.25, 0.3) is 0 Å². The van der Waals surface area contributed by atoms with Crippen LogP contribution in [0.5, 0.6) is 0 Å². The van der Waals surface area contributed by atoms with Crippen molar-refractivity contribution in [2.45, 2.75) is 123 Å². The molecule has 2 amide bonds. The van der Waals surface area contributed by atoms with E-state index >= 15 is 0 Å². The first-order chi connectivity index (χ1) is 26.0. The fourth-order valence-electron chi connectivity index (χ4n) is 4.48. The molecule has 1 unspecified atom stereocenters. The van der Waals surface area contributed by atoms with E-state index in [2.05, 4.69) is 146 Å². The van der Waals surface area contributed by atoms with Crippen molar-refractivity contribution in [3.8, 4) is 0 Å². The van der Waals surface area contributed by atoms with Crippen molar-refractivity contribution in [3.63, 3.8) is 0 Å². The maximum atomic E-state index is 12.3. The van der Waals surface area contributed by atoms with Gasteiger partial charge in [-0.15, -0.1) is 0 Å². The normalized spacial score (nSPS) is 13.7. The van der Waals surface area contributed by atoms with E-state index in [1.165, 1.54) is 0 Å². The summed E-state index contributed by atoms with van der Waals surface area (Å²) in [5, 5.41) is 14.6. The largest absolute Gasteiger partial charge is 0.480 e. The summed E-state index contributed by atoms with van der Waals surface area (Å²) in [7, 11) is 0. The standard InChI is InChI=1S/C47H68N2O4/c1-3-5-7-9-11-13-15-17-19-21-23-25-27-29-31-33-35-37-39-41-45(50)48-43-44(47(52)53)49-46(51)42-40-38-36-34-32-30-28-26-24-22-20-18-16-14-12-10-8-6-4-2/h5-8,11-14,17-20,23-26,29-32,35-38,44H,3-4,9-10,15-16,21-22,27-28,33-34,39-43H2,1-2H3,(H,48,50)(H,49,51)(H,52,53). The van der Waals surface area contributed by atoms with Crippen LogP contribution in [-0.4, -0.2) is 35.5 Å². The Balaban J connectivity index is 3.99. The lowest BCUT2D eigenvalue weighted by molar-refractivity contribution is -0.141. The number of hydrogen-bond donors (Lipinski definition) is 3. The van der Waals surface area contributed by atoms with Crippen LogP contribution in [0.15, 0.2) is 146 Å². The molecule has 0 radical (unpaired) electrons. The Morgan fingerprint density at radius 1 is 0.415 bits per heavy atom. The van der Waals surface area contributed by atoms with Crippen LogP contribution in [0.1, 0.15) is 117 Å². The smallest absolute Gasteiger partial charge is 0.328 e. The molecule has 0 bridgehead atoms. The van der Waals surface area contributed by atoms with E-state index in [1.807, 2.05) is 24.3 Å². The molecule has 290 valence electrons. The molecule has 0 aromatic heterocycles. The summed E-state index contributed by atoms with van der Waals surface area (Å²) in [5.41, 5.74) is 0. The molecule has 0 aliphatic rings. The number of hydrogen-bond acceptors (Lipinski definition) is 3. The second kappa shape index (κ2) is 40.1. The lowest BCUT2D eigenvalue weighted by Gasteiger charge is -2.15. The van der Waals surface area contributed by atoms with Crippen molar-refractivity contribution in [1.29, 1.82) is 0 Å². The topological polar surface area (TPSA) is 95.5 Å². The highest BCUT2D eigenvalue weighted by Crippen LogP contribution is 2.00. The third-order valence-electron chi connectivity index (χ3n) is 7.41. The fourth-order valence-corrected chi connectivity index (χ4v) is 4.48. The second-order valence-corrected chi connectivity index (χ2v) is 12.2. The minimum atomic E-state index is -1.18. The summed E-state index contributed by atoms with van der Waals surface area (Å²) in [6.45, 7) is 4.13. The van der Waals surface area contributed by atoms with Crippen molar-refractivity contribution < 1.29 is 19.5 Å². The molecule has 0 aliphatic carbocycles. The number of carbonyl (C=O) groups is 3. The van der Waals surface area contributed by atoms with Crippen molar-refractivity contribution in [2.24, 2.45) is 0 Å². The van der Waals surface area contributed by atoms with E-state index < -0.39 is 12.0 Å². The Labute approximate surface area is 322 Å². The number of rotatable bonds is 32. The predicted molar refractivity (Wildman–Crippen MR) is 227 cm³/mol. The van der Waals surface area contributed by atoms with Crippen molar-refractivity contribution in [2.75, 3.05) is 6.54 Å². The van der Waals surface area contributed by atoms with Gasteiger partial charge in [-0.25, -0.2) is 4.79 Å². The lowest BCUT2D eigenvalue weighted by Crippen LogP contribution is -2.48. The number of carboxylic acids is 1. The molecule has 0 heterocycles. The number of nitrogens with one attached hydrogen (secondary N) is 2. The highest BCUT2D eigenvalue weighted by Gasteiger charge is 2.20. The van der Waals surface area contributed by atoms with Gasteiger partial charge < -0.3 is 15.7 Å². The summed E-state index contributed by atoms with van der Waals surface area (Å²) >= 11 is 0. The van der Waals surface area contributed by atoms with Gasteiger partial charge in [0.15, 0.2) is 0 Å². The average Bonchev–Trinajstić information content (AvgIpc) is 3.15. The molecule has 0 aliphatic heterocycles. The number of aliphatic carboxylic acids is 1. The molecular weight excluding hydrogens is 657 g/mol.